The summed E-state index contributed by atoms with van der Waals surface area (Å²) >= 11 is 1.76. The number of ether oxygens (including phenoxy) is 2. The van der Waals surface area contributed by atoms with Crippen molar-refractivity contribution >= 4 is 23.7 Å². The quantitative estimate of drug-likeness (QED) is 0.451. The highest BCUT2D eigenvalue weighted by molar-refractivity contribution is 8.03. The van der Waals surface area contributed by atoms with Gasteiger partial charge in [-0.3, -0.25) is 9.59 Å². The summed E-state index contributed by atoms with van der Waals surface area (Å²) < 4.78 is 10.2. The summed E-state index contributed by atoms with van der Waals surface area (Å²) in [4.78, 5) is 25.0. The molecule has 0 N–H and O–H groups in total. The molecule has 0 saturated carbocycles. The number of esters is 2. The number of allylic oxidation sites excluding steroid dienone is 2. The molecule has 1 atom stereocenters. The number of rotatable bonds is 9. The first kappa shape index (κ1) is 20.8. The molecule has 0 radical (unpaired) electrons. The molecule has 24 heavy (non-hydrogen) atoms. The normalized spacial score (nSPS) is 20.5. The van der Waals surface area contributed by atoms with Gasteiger partial charge < -0.3 is 9.47 Å². The lowest BCUT2D eigenvalue weighted by molar-refractivity contribution is -0.154. The van der Waals surface area contributed by atoms with E-state index in [1.165, 1.54) is 4.91 Å². The van der Waals surface area contributed by atoms with Crippen molar-refractivity contribution in [2.45, 2.75) is 53.9 Å². The predicted molar refractivity (Wildman–Crippen MR) is 98.7 cm³/mol. The van der Waals surface area contributed by atoms with Crippen molar-refractivity contribution in [1.29, 1.82) is 0 Å². The Bertz CT molecular complexity index is 507. The Morgan fingerprint density at radius 2 is 1.92 bits per heavy atom. The Kier molecular flexibility index (Phi) is 8.07. The van der Waals surface area contributed by atoms with E-state index in [1.54, 1.807) is 11.8 Å². The molecule has 1 unspecified atom stereocenters. The Morgan fingerprint density at radius 3 is 2.46 bits per heavy atom. The van der Waals surface area contributed by atoms with E-state index in [4.69, 9.17) is 9.47 Å². The van der Waals surface area contributed by atoms with Gasteiger partial charge in [0, 0.05) is 4.91 Å². The Hall–Kier alpha value is -1.23. The summed E-state index contributed by atoms with van der Waals surface area (Å²) in [7, 11) is 0. The minimum atomic E-state index is -0.550. The smallest absolute Gasteiger partial charge is 0.315 e. The largest absolute Gasteiger partial charge is 0.466 e. The van der Waals surface area contributed by atoms with Crippen molar-refractivity contribution in [3.8, 4) is 0 Å². The van der Waals surface area contributed by atoms with Crippen molar-refractivity contribution in [2.75, 3.05) is 19.0 Å². The topological polar surface area (TPSA) is 52.6 Å². The van der Waals surface area contributed by atoms with Crippen molar-refractivity contribution in [3.63, 3.8) is 0 Å². The van der Waals surface area contributed by atoms with Gasteiger partial charge in [-0.05, 0) is 59.6 Å². The molecule has 0 saturated heterocycles. The number of hydrogen-bond acceptors (Lipinski definition) is 5. The van der Waals surface area contributed by atoms with Crippen LogP contribution in [0.15, 0.2) is 23.1 Å². The molecule has 0 bridgehead atoms. The number of carbonyl (C=O) groups is 2. The Morgan fingerprint density at radius 1 is 1.25 bits per heavy atom. The van der Waals surface area contributed by atoms with Gasteiger partial charge in [-0.2, -0.15) is 0 Å². The Labute approximate surface area is 150 Å². The molecule has 5 heteroatoms. The van der Waals surface area contributed by atoms with Crippen LogP contribution in [0.5, 0.6) is 0 Å². The van der Waals surface area contributed by atoms with Gasteiger partial charge in [-0.25, -0.2) is 0 Å². The third kappa shape index (κ3) is 6.00. The van der Waals surface area contributed by atoms with Crippen LogP contribution in [0, 0.1) is 10.8 Å². The number of thioether (sulfide) groups is 1. The summed E-state index contributed by atoms with van der Waals surface area (Å²) in [6.45, 7) is 10.2. The Balaban J connectivity index is 2.38. The molecule has 0 aromatic rings. The molecule has 0 aromatic heterocycles. The summed E-state index contributed by atoms with van der Waals surface area (Å²) in [5, 5.41) is 0. The van der Waals surface area contributed by atoms with Crippen LogP contribution in [0.25, 0.3) is 0 Å². The zero-order chi connectivity index (χ0) is 18.2. The molecular formula is C19H30O4S. The highest BCUT2D eigenvalue weighted by Gasteiger charge is 2.33. The van der Waals surface area contributed by atoms with Crippen molar-refractivity contribution in [3.05, 3.63) is 23.1 Å². The van der Waals surface area contributed by atoms with E-state index in [9.17, 15) is 9.59 Å². The average molecular weight is 355 g/mol. The lowest BCUT2D eigenvalue weighted by Gasteiger charge is -2.25. The van der Waals surface area contributed by atoms with Crippen LogP contribution < -0.4 is 0 Å². The maximum Gasteiger partial charge on any atom is 0.315 e. The van der Waals surface area contributed by atoms with Gasteiger partial charge in [0.15, 0.2) is 0 Å². The van der Waals surface area contributed by atoms with E-state index < -0.39 is 10.8 Å². The predicted octanol–water partition coefficient (Wildman–Crippen LogP) is 4.50. The van der Waals surface area contributed by atoms with Gasteiger partial charge in [-0.15, -0.1) is 11.8 Å². The van der Waals surface area contributed by atoms with E-state index in [2.05, 4.69) is 6.08 Å². The minimum Gasteiger partial charge on any atom is -0.466 e. The first-order chi connectivity index (χ1) is 11.2. The molecule has 136 valence electrons. The SMILES string of the molecule is CCOC(=O)C(C)(C)CCCSC1=CCC(C)(C(=O)OCC)C=C1. The number of carbonyl (C=O) groups excluding carboxylic acids is 2. The van der Waals surface area contributed by atoms with Crippen molar-refractivity contribution in [2.24, 2.45) is 10.8 Å². The summed E-state index contributed by atoms with van der Waals surface area (Å²) in [6, 6.07) is 0. The van der Waals surface area contributed by atoms with E-state index in [0.717, 1.165) is 18.6 Å². The van der Waals surface area contributed by atoms with Crippen LogP contribution in [-0.2, 0) is 19.1 Å². The maximum atomic E-state index is 12.0. The highest BCUT2D eigenvalue weighted by atomic mass is 32.2. The van der Waals surface area contributed by atoms with Crippen LogP contribution >= 0.6 is 11.8 Å². The molecule has 0 aliphatic heterocycles. The van der Waals surface area contributed by atoms with Crippen LogP contribution in [0.3, 0.4) is 0 Å². The fourth-order valence-corrected chi connectivity index (χ4v) is 3.29. The molecule has 1 aliphatic rings. The van der Waals surface area contributed by atoms with Crippen LogP contribution in [0.2, 0.25) is 0 Å². The average Bonchev–Trinajstić information content (AvgIpc) is 2.54. The molecule has 0 amide bonds. The van der Waals surface area contributed by atoms with Gasteiger partial charge in [0.2, 0.25) is 0 Å². The van der Waals surface area contributed by atoms with Gasteiger partial charge in [-0.1, -0.05) is 18.2 Å². The van der Waals surface area contributed by atoms with E-state index in [0.29, 0.717) is 19.6 Å². The van der Waals surface area contributed by atoms with Crippen molar-refractivity contribution in [1.82, 2.24) is 0 Å². The van der Waals surface area contributed by atoms with Crippen LogP contribution in [0.4, 0.5) is 0 Å². The molecule has 0 spiro atoms. The standard InChI is InChI=1S/C19H30O4S/c1-6-22-16(20)18(3,4)11-8-14-24-15-9-12-19(5,13-10-15)17(21)23-7-2/h9-10,12H,6-8,11,13-14H2,1-5H3. The molecule has 1 rings (SSSR count). The second-order valence-electron chi connectivity index (χ2n) is 6.84. The summed E-state index contributed by atoms with van der Waals surface area (Å²) in [5.74, 6) is 0.643. The van der Waals surface area contributed by atoms with Crippen LogP contribution in [-0.4, -0.2) is 30.9 Å². The van der Waals surface area contributed by atoms with E-state index in [-0.39, 0.29) is 11.9 Å². The lowest BCUT2D eigenvalue weighted by Crippen LogP contribution is -2.28. The maximum absolute atomic E-state index is 12.0. The summed E-state index contributed by atoms with van der Waals surface area (Å²) in [6.07, 6.45) is 8.45. The minimum absolute atomic E-state index is 0.128. The first-order valence-electron chi connectivity index (χ1n) is 8.62. The van der Waals surface area contributed by atoms with Gasteiger partial charge >= 0.3 is 11.9 Å². The zero-order valence-electron chi connectivity index (χ0n) is 15.5. The van der Waals surface area contributed by atoms with Crippen LogP contribution in [0.1, 0.15) is 53.9 Å². The second-order valence-corrected chi connectivity index (χ2v) is 8.01. The van der Waals surface area contributed by atoms with Gasteiger partial charge in [0.05, 0.1) is 24.0 Å². The van der Waals surface area contributed by atoms with Crippen molar-refractivity contribution < 1.29 is 19.1 Å². The van der Waals surface area contributed by atoms with Gasteiger partial charge in [0.1, 0.15) is 0 Å². The molecule has 1 aliphatic carbocycles. The third-order valence-electron chi connectivity index (χ3n) is 4.13. The second kappa shape index (κ2) is 9.30. The lowest BCUT2D eigenvalue weighted by atomic mass is 9.84. The number of hydrogen-bond donors (Lipinski definition) is 0. The molecule has 0 fully saturated rings. The zero-order valence-corrected chi connectivity index (χ0v) is 16.3. The third-order valence-corrected chi connectivity index (χ3v) is 5.26. The molecular weight excluding hydrogens is 324 g/mol. The molecule has 0 aromatic carbocycles. The first-order valence-corrected chi connectivity index (χ1v) is 9.60. The van der Waals surface area contributed by atoms with E-state index >= 15 is 0 Å². The molecule has 4 nitrogen and oxygen atoms in total. The fourth-order valence-electron chi connectivity index (χ4n) is 2.40. The fraction of sp³-hybridized carbons (Fsp3) is 0.684. The van der Waals surface area contributed by atoms with E-state index in [1.807, 2.05) is 46.8 Å². The van der Waals surface area contributed by atoms with Gasteiger partial charge in [0.25, 0.3) is 0 Å². The monoisotopic (exact) mass is 354 g/mol. The molecule has 0 heterocycles. The highest BCUT2D eigenvalue weighted by Crippen LogP contribution is 2.35. The summed E-state index contributed by atoms with van der Waals surface area (Å²) in [5.41, 5.74) is -0.984.